The number of hydrogen-bond acceptors (Lipinski definition) is 2. The molecule has 92 valence electrons. The average Bonchev–Trinajstić information content (AvgIpc) is 2.97. The zero-order valence-electron chi connectivity index (χ0n) is 9.96. The number of anilines is 1. The van der Waals surface area contributed by atoms with Crippen molar-refractivity contribution in [3.8, 4) is 0 Å². The minimum absolute atomic E-state index is 0.259. The van der Waals surface area contributed by atoms with Crippen LogP contribution in [0.15, 0.2) is 24.3 Å². The maximum atomic E-state index is 13.1. The number of nitrogens with one attached hydrogen (secondary N) is 1. The molecule has 0 bridgehead atoms. The maximum absolute atomic E-state index is 13.1. The molecule has 0 amide bonds. The van der Waals surface area contributed by atoms with Crippen LogP contribution in [0.4, 0.5) is 10.1 Å². The monoisotopic (exact) mass is 237 g/mol. The molecule has 1 aliphatic rings. The molecule has 1 unspecified atom stereocenters. The first-order chi connectivity index (χ1) is 7.87. The van der Waals surface area contributed by atoms with Crippen LogP contribution in [0.25, 0.3) is 0 Å². The summed E-state index contributed by atoms with van der Waals surface area (Å²) >= 11 is 0. The van der Waals surface area contributed by atoms with Crippen LogP contribution in [0.5, 0.6) is 0 Å². The third kappa shape index (κ3) is 1.99. The van der Waals surface area contributed by atoms with Crippen LogP contribution in [0.3, 0.4) is 0 Å². The molecule has 0 aromatic heterocycles. The lowest BCUT2D eigenvalue weighted by atomic mass is 9.83. The topological polar surface area (TPSA) is 49.3 Å². The number of carbonyl (C=O) groups is 1. The molecule has 3 nitrogen and oxygen atoms in total. The highest BCUT2D eigenvalue weighted by Crippen LogP contribution is 2.54. The van der Waals surface area contributed by atoms with E-state index in [1.54, 1.807) is 19.1 Å². The molecule has 1 aromatic rings. The molecule has 0 radical (unpaired) electrons. The molecule has 0 spiro atoms. The van der Waals surface area contributed by atoms with Crippen molar-refractivity contribution in [2.24, 2.45) is 5.41 Å². The lowest BCUT2D eigenvalue weighted by Gasteiger charge is -2.33. The largest absolute Gasteiger partial charge is 0.479 e. The van der Waals surface area contributed by atoms with Gasteiger partial charge in [-0.25, -0.2) is 9.18 Å². The Kier molecular flexibility index (Phi) is 2.60. The van der Waals surface area contributed by atoms with Gasteiger partial charge in [-0.1, -0.05) is 13.0 Å². The fraction of sp³-hybridized carbons (Fsp3) is 0.462. The van der Waals surface area contributed by atoms with Crippen LogP contribution < -0.4 is 5.32 Å². The molecule has 1 aliphatic carbocycles. The Bertz CT molecular complexity index is 456. The molecule has 0 aliphatic heterocycles. The Hall–Kier alpha value is -1.58. The summed E-state index contributed by atoms with van der Waals surface area (Å²) in [7, 11) is 0. The first-order valence-corrected chi connectivity index (χ1v) is 5.65. The normalized spacial score (nSPS) is 20.4. The number of halogens is 1. The molecular formula is C13H16FNO2. The first kappa shape index (κ1) is 11.9. The van der Waals surface area contributed by atoms with Gasteiger partial charge in [0.25, 0.3) is 0 Å². The third-order valence-electron chi connectivity index (χ3n) is 3.85. The highest BCUT2D eigenvalue weighted by Gasteiger charge is 2.57. The van der Waals surface area contributed by atoms with Crippen LogP contribution in [0, 0.1) is 11.2 Å². The smallest absolute Gasteiger partial charge is 0.329 e. The summed E-state index contributed by atoms with van der Waals surface area (Å²) in [6.07, 6.45) is 1.75. The standard InChI is InChI=1S/C13H16FNO2/c1-12(6-7-12)13(2,11(16)17)15-10-5-3-4-9(14)8-10/h3-5,8,15H,6-7H2,1-2H3,(H,16,17). The Balaban J connectivity index is 2.28. The van der Waals surface area contributed by atoms with Gasteiger partial charge in [0.05, 0.1) is 0 Å². The summed E-state index contributed by atoms with van der Waals surface area (Å²) in [5.74, 6) is -1.27. The van der Waals surface area contributed by atoms with Crippen molar-refractivity contribution in [2.75, 3.05) is 5.32 Å². The second-order valence-electron chi connectivity index (χ2n) is 5.13. The number of carboxylic acid groups (broad SMARTS) is 1. The van der Waals surface area contributed by atoms with E-state index in [-0.39, 0.29) is 11.2 Å². The Morgan fingerprint density at radius 1 is 1.53 bits per heavy atom. The Morgan fingerprint density at radius 2 is 2.18 bits per heavy atom. The summed E-state index contributed by atoms with van der Waals surface area (Å²) in [6, 6.07) is 5.89. The molecule has 2 rings (SSSR count). The van der Waals surface area contributed by atoms with Crippen molar-refractivity contribution in [1.82, 2.24) is 0 Å². The van der Waals surface area contributed by atoms with E-state index >= 15 is 0 Å². The number of carboxylic acids is 1. The molecule has 1 aromatic carbocycles. The van der Waals surface area contributed by atoms with Crippen LogP contribution in [-0.2, 0) is 4.79 Å². The predicted octanol–water partition coefficient (Wildman–Crippen LogP) is 2.88. The fourth-order valence-electron chi connectivity index (χ4n) is 2.00. The summed E-state index contributed by atoms with van der Waals surface area (Å²) in [6.45, 7) is 3.60. The van der Waals surface area contributed by atoms with Crippen LogP contribution >= 0.6 is 0 Å². The molecule has 4 heteroatoms. The number of rotatable bonds is 4. The highest BCUT2D eigenvalue weighted by atomic mass is 19.1. The summed E-state index contributed by atoms with van der Waals surface area (Å²) < 4.78 is 13.1. The van der Waals surface area contributed by atoms with E-state index < -0.39 is 11.5 Å². The van der Waals surface area contributed by atoms with Gasteiger partial charge in [-0.2, -0.15) is 0 Å². The third-order valence-corrected chi connectivity index (χ3v) is 3.85. The van der Waals surface area contributed by atoms with Crippen molar-refractivity contribution in [1.29, 1.82) is 0 Å². The van der Waals surface area contributed by atoms with Crippen molar-refractivity contribution in [3.63, 3.8) is 0 Å². The molecule has 0 heterocycles. The van der Waals surface area contributed by atoms with E-state index in [4.69, 9.17) is 0 Å². The van der Waals surface area contributed by atoms with E-state index in [1.165, 1.54) is 12.1 Å². The maximum Gasteiger partial charge on any atom is 0.329 e. The van der Waals surface area contributed by atoms with E-state index in [9.17, 15) is 14.3 Å². The molecule has 1 fully saturated rings. The van der Waals surface area contributed by atoms with Gasteiger partial charge in [0.1, 0.15) is 11.4 Å². The minimum Gasteiger partial charge on any atom is -0.479 e. The van der Waals surface area contributed by atoms with Crippen LogP contribution in [0.1, 0.15) is 26.7 Å². The van der Waals surface area contributed by atoms with Gasteiger partial charge in [-0.15, -0.1) is 0 Å². The summed E-state index contributed by atoms with van der Waals surface area (Å²) in [5.41, 5.74) is -0.811. The van der Waals surface area contributed by atoms with E-state index in [2.05, 4.69) is 5.32 Å². The first-order valence-electron chi connectivity index (χ1n) is 5.65. The molecule has 1 saturated carbocycles. The second kappa shape index (κ2) is 3.72. The molecule has 2 N–H and O–H groups in total. The molecule has 0 saturated heterocycles. The quantitative estimate of drug-likeness (QED) is 0.846. The van der Waals surface area contributed by atoms with Crippen LogP contribution in [0.2, 0.25) is 0 Å². The SMILES string of the molecule is CC1(C(C)(Nc2cccc(F)c2)C(=O)O)CC1. The number of aliphatic carboxylic acids is 1. The number of benzene rings is 1. The molecule has 17 heavy (non-hydrogen) atoms. The predicted molar refractivity (Wildman–Crippen MR) is 63.4 cm³/mol. The Morgan fingerprint density at radius 3 is 2.65 bits per heavy atom. The zero-order valence-corrected chi connectivity index (χ0v) is 9.96. The zero-order chi connectivity index (χ0) is 12.7. The summed E-state index contributed by atoms with van der Waals surface area (Å²) in [5, 5.41) is 12.3. The average molecular weight is 237 g/mol. The van der Waals surface area contributed by atoms with Gasteiger partial charge in [0.15, 0.2) is 0 Å². The van der Waals surface area contributed by atoms with Gasteiger partial charge in [-0.3, -0.25) is 0 Å². The van der Waals surface area contributed by atoms with Gasteiger partial charge < -0.3 is 10.4 Å². The fourth-order valence-corrected chi connectivity index (χ4v) is 2.00. The lowest BCUT2D eigenvalue weighted by Crippen LogP contribution is -2.50. The highest BCUT2D eigenvalue weighted by molar-refractivity contribution is 5.84. The van der Waals surface area contributed by atoms with Gasteiger partial charge in [0.2, 0.25) is 0 Å². The Labute approximate surface area is 99.7 Å². The molecule has 1 atom stereocenters. The van der Waals surface area contributed by atoms with E-state index in [0.717, 1.165) is 12.8 Å². The second-order valence-corrected chi connectivity index (χ2v) is 5.13. The van der Waals surface area contributed by atoms with Crippen LogP contribution in [-0.4, -0.2) is 16.6 Å². The van der Waals surface area contributed by atoms with Crippen molar-refractivity contribution in [2.45, 2.75) is 32.2 Å². The summed E-state index contributed by atoms with van der Waals surface area (Å²) in [4.78, 5) is 11.4. The van der Waals surface area contributed by atoms with E-state index in [1.807, 2.05) is 6.92 Å². The minimum atomic E-state index is -1.05. The lowest BCUT2D eigenvalue weighted by molar-refractivity contribution is -0.144. The van der Waals surface area contributed by atoms with Crippen molar-refractivity contribution in [3.05, 3.63) is 30.1 Å². The van der Waals surface area contributed by atoms with Crippen molar-refractivity contribution >= 4 is 11.7 Å². The number of hydrogen-bond donors (Lipinski definition) is 2. The van der Waals surface area contributed by atoms with Crippen molar-refractivity contribution < 1.29 is 14.3 Å². The van der Waals surface area contributed by atoms with Gasteiger partial charge in [0, 0.05) is 11.1 Å². The van der Waals surface area contributed by atoms with Gasteiger partial charge in [-0.05, 0) is 38.0 Å². The molecular weight excluding hydrogens is 221 g/mol. The van der Waals surface area contributed by atoms with Gasteiger partial charge >= 0.3 is 5.97 Å². The van der Waals surface area contributed by atoms with E-state index in [0.29, 0.717) is 5.69 Å².